The fraction of sp³-hybridized carbons (Fsp3) is 0.800. The smallest absolute Gasteiger partial charge is 0.0708 e. The molecule has 18 heavy (non-hydrogen) atoms. The summed E-state index contributed by atoms with van der Waals surface area (Å²) in [6, 6.07) is 2.14. The van der Waals surface area contributed by atoms with E-state index in [4.69, 9.17) is 0 Å². The van der Waals surface area contributed by atoms with Crippen LogP contribution in [0.1, 0.15) is 51.4 Å². The Morgan fingerprint density at radius 1 is 1.39 bits per heavy atom. The van der Waals surface area contributed by atoms with Crippen LogP contribution in [-0.4, -0.2) is 20.5 Å². The van der Waals surface area contributed by atoms with Crippen molar-refractivity contribution in [3.05, 3.63) is 17.5 Å². The van der Waals surface area contributed by atoms with Gasteiger partial charge in [0.1, 0.15) is 0 Å². The summed E-state index contributed by atoms with van der Waals surface area (Å²) in [6.45, 7) is 6.62. The summed E-state index contributed by atoms with van der Waals surface area (Å²) < 4.78 is 1.93. The van der Waals surface area contributed by atoms with E-state index in [1.54, 1.807) is 0 Å². The second kappa shape index (κ2) is 5.04. The van der Waals surface area contributed by atoms with Crippen LogP contribution in [0, 0.1) is 11.8 Å². The number of hydrogen-bond donors (Lipinski definition) is 1. The molecule has 3 heteroatoms. The molecular weight excluding hydrogens is 224 g/mol. The zero-order valence-corrected chi connectivity index (χ0v) is 12.1. The summed E-state index contributed by atoms with van der Waals surface area (Å²) in [4.78, 5) is 0. The summed E-state index contributed by atoms with van der Waals surface area (Å²) in [5.74, 6) is 1.25. The maximum Gasteiger partial charge on any atom is 0.0708 e. The van der Waals surface area contributed by atoms with Gasteiger partial charge in [-0.25, -0.2) is 0 Å². The fourth-order valence-electron chi connectivity index (χ4n) is 3.63. The molecule has 1 fully saturated rings. The van der Waals surface area contributed by atoms with E-state index in [2.05, 4.69) is 31.9 Å². The lowest BCUT2D eigenvalue weighted by atomic mass is 9.72. The molecule has 102 valence electrons. The van der Waals surface area contributed by atoms with Crippen molar-refractivity contribution >= 4 is 0 Å². The molecule has 3 nitrogen and oxygen atoms in total. The Morgan fingerprint density at radius 2 is 2.00 bits per heavy atom. The Labute approximate surface area is 110 Å². The summed E-state index contributed by atoms with van der Waals surface area (Å²) in [6.07, 6.45) is 4.78. The van der Waals surface area contributed by atoms with Crippen molar-refractivity contribution in [1.82, 2.24) is 9.78 Å². The molecule has 1 heterocycles. The number of nitrogens with zero attached hydrogens (tertiary/aromatic N) is 2. The minimum atomic E-state index is -0.532. The molecule has 0 spiro atoms. The average Bonchev–Trinajstić information content (AvgIpc) is 2.56. The predicted molar refractivity (Wildman–Crippen MR) is 73.4 cm³/mol. The molecule has 1 aromatic rings. The van der Waals surface area contributed by atoms with Crippen molar-refractivity contribution in [2.75, 3.05) is 0 Å². The van der Waals surface area contributed by atoms with Gasteiger partial charge >= 0.3 is 0 Å². The topological polar surface area (TPSA) is 38.0 Å². The van der Waals surface area contributed by atoms with Crippen LogP contribution in [-0.2, 0) is 19.9 Å². The maximum absolute atomic E-state index is 10.8. The molecule has 2 rings (SSSR count). The normalized spacial score (nSPS) is 32.7. The Hall–Kier alpha value is -0.830. The van der Waals surface area contributed by atoms with Crippen LogP contribution in [0.4, 0.5) is 0 Å². The Morgan fingerprint density at radius 3 is 2.50 bits per heavy atom. The number of aliphatic hydroxyl groups is 1. The first-order valence-corrected chi connectivity index (χ1v) is 7.16. The van der Waals surface area contributed by atoms with Crippen molar-refractivity contribution in [2.45, 2.75) is 58.5 Å². The monoisotopic (exact) mass is 250 g/mol. The molecule has 0 radical (unpaired) electrons. The second-order valence-corrected chi connectivity index (χ2v) is 6.36. The van der Waals surface area contributed by atoms with Crippen LogP contribution in [0.2, 0.25) is 0 Å². The summed E-state index contributed by atoms with van der Waals surface area (Å²) >= 11 is 0. The van der Waals surface area contributed by atoms with Gasteiger partial charge in [0.25, 0.3) is 0 Å². The van der Waals surface area contributed by atoms with Crippen LogP contribution >= 0.6 is 0 Å². The standard InChI is InChI=1S/C15H26N2O/c1-5-13-7-14(17(4)16-13)10-15(18)8-11(2)6-12(3)9-15/h7,11-12,18H,5-6,8-10H2,1-4H3. The van der Waals surface area contributed by atoms with E-state index in [1.165, 1.54) is 6.42 Å². The summed E-state index contributed by atoms with van der Waals surface area (Å²) in [7, 11) is 1.98. The van der Waals surface area contributed by atoms with Crippen molar-refractivity contribution in [3.8, 4) is 0 Å². The Kier molecular flexibility index (Phi) is 3.81. The molecule has 2 unspecified atom stereocenters. The van der Waals surface area contributed by atoms with Crippen LogP contribution in [0.25, 0.3) is 0 Å². The molecule has 1 saturated carbocycles. The van der Waals surface area contributed by atoms with E-state index in [0.29, 0.717) is 11.8 Å². The van der Waals surface area contributed by atoms with Crippen molar-refractivity contribution in [1.29, 1.82) is 0 Å². The zero-order valence-electron chi connectivity index (χ0n) is 12.1. The molecule has 1 N–H and O–H groups in total. The van der Waals surface area contributed by atoms with Crippen LogP contribution < -0.4 is 0 Å². The number of aryl methyl sites for hydroxylation is 2. The first-order valence-electron chi connectivity index (χ1n) is 7.16. The second-order valence-electron chi connectivity index (χ2n) is 6.36. The van der Waals surface area contributed by atoms with Crippen molar-refractivity contribution < 1.29 is 5.11 Å². The summed E-state index contributed by atoms with van der Waals surface area (Å²) in [5, 5.41) is 15.3. The van der Waals surface area contributed by atoms with Gasteiger partial charge in [0.15, 0.2) is 0 Å². The van der Waals surface area contributed by atoms with Gasteiger partial charge < -0.3 is 5.11 Å². The van der Waals surface area contributed by atoms with Gasteiger partial charge in [0.05, 0.1) is 11.3 Å². The molecular formula is C15H26N2O. The van der Waals surface area contributed by atoms with Crippen molar-refractivity contribution in [2.24, 2.45) is 18.9 Å². The predicted octanol–water partition coefficient (Wildman–Crippen LogP) is 2.71. The van der Waals surface area contributed by atoms with Gasteiger partial charge in [-0.15, -0.1) is 0 Å². The molecule has 1 aromatic heterocycles. The van der Waals surface area contributed by atoms with E-state index < -0.39 is 5.60 Å². The van der Waals surface area contributed by atoms with Crippen LogP contribution in [0.5, 0.6) is 0 Å². The lowest BCUT2D eigenvalue weighted by molar-refractivity contribution is -0.0317. The van der Waals surface area contributed by atoms with Crippen LogP contribution in [0.15, 0.2) is 6.07 Å². The zero-order chi connectivity index (χ0) is 13.3. The lowest BCUT2D eigenvalue weighted by Gasteiger charge is -2.39. The first kappa shape index (κ1) is 13.6. The van der Waals surface area contributed by atoms with Crippen molar-refractivity contribution in [3.63, 3.8) is 0 Å². The highest BCUT2D eigenvalue weighted by Crippen LogP contribution is 2.37. The minimum absolute atomic E-state index is 0.532. The van der Waals surface area contributed by atoms with E-state index in [0.717, 1.165) is 37.1 Å². The van der Waals surface area contributed by atoms with Gasteiger partial charge in [0.2, 0.25) is 0 Å². The molecule has 0 amide bonds. The molecule has 1 aliphatic carbocycles. The van der Waals surface area contributed by atoms with E-state index in [-0.39, 0.29) is 0 Å². The van der Waals surface area contributed by atoms with Crippen LogP contribution in [0.3, 0.4) is 0 Å². The number of hydrogen-bond acceptors (Lipinski definition) is 2. The first-order chi connectivity index (χ1) is 8.42. The van der Waals surface area contributed by atoms with E-state index in [1.807, 2.05) is 11.7 Å². The average molecular weight is 250 g/mol. The Balaban J connectivity index is 2.13. The van der Waals surface area contributed by atoms with Gasteiger partial charge in [-0.1, -0.05) is 20.8 Å². The van der Waals surface area contributed by atoms with Gasteiger partial charge in [-0.05, 0) is 43.6 Å². The van der Waals surface area contributed by atoms with Gasteiger partial charge in [-0.3, -0.25) is 4.68 Å². The number of rotatable bonds is 3. The third-order valence-electron chi connectivity index (χ3n) is 4.16. The highest BCUT2D eigenvalue weighted by Gasteiger charge is 2.36. The molecule has 0 bridgehead atoms. The Bertz CT molecular complexity index is 401. The van der Waals surface area contributed by atoms with E-state index in [9.17, 15) is 5.11 Å². The third-order valence-corrected chi connectivity index (χ3v) is 4.16. The largest absolute Gasteiger partial charge is 0.389 e. The highest BCUT2D eigenvalue weighted by atomic mass is 16.3. The molecule has 0 aromatic carbocycles. The summed E-state index contributed by atoms with van der Waals surface area (Å²) in [5.41, 5.74) is 1.75. The highest BCUT2D eigenvalue weighted by molar-refractivity contribution is 5.13. The SMILES string of the molecule is CCc1cc(CC2(O)CC(C)CC(C)C2)n(C)n1. The van der Waals surface area contributed by atoms with Gasteiger partial charge in [0, 0.05) is 19.2 Å². The van der Waals surface area contributed by atoms with Gasteiger partial charge in [-0.2, -0.15) is 5.10 Å². The fourth-order valence-corrected chi connectivity index (χ4v) is 3.63. The molecule has 1 aliphatic rings. The minimum Gasteiger partial charge on any atom is -0.389 e. The number of aromatic nitrogens is 2. The van der Waals surface area contributed by atoms with E-state index >= 15 is 0 Å². The quantitative estimate of drug-likeness (QED) is 0.895. The maximum atomic E-state index is 10.8. The lowest BCUT2D eigenvalue weighted by Crippen LogP contribution is -2.40. The molecule has 2 atom stereocenters. The molecule has 0 saturated heterocycles. The third kappa shape index (κ3) is 2.94. The molecule has 0 aliphatic heterocycles.